The molecule has 0 spiro atoms. The number of halogens is 1. The second-order valence-corrected chi connectivity index (χ2v) is 5.17. The molecule has 6 N–H and O–H groups in total. The average Bonchev–Trinajstić information content (AvgIpc) is 2.93. The molecule has 26 heavy (non-hydrogen) atoms. The highest BCUT2D eigenvalue weighted by molar-refractivity contribution is 6.04. The van der Waals surface area contributed by atoms with Crippen LogP contribution in [0.15, 0.2) is 53.6 Å². The van der Waals surface area contributed by atoms with E-state index in [-0.39, 0.29) is 24.1 Å². The normalized spacial score (nSPS) is 10.5. The zero-order valence-electron chi connectivity index (χ0n) is 13.4. The monoisotopic (exact) mass is 373 g/mol. The highest BCUT2D eigenvalue weighted by Gasteiger charge is 2.11. The number of anilines is 2. The van der Waals surface area contributed by atoms with E-state index in [1.807, 2.05) is 24.3 Å². The number of nitrogens with two attached hydrogens (primary N) is 1. The molecule has 0 unspecified atom stereocenters. The predicted molar refractivity (Wildman–Crippen MR) is 105 cm³/mol. The van der Waals surface area contributed by atoms with Gasteiger partial charge >= 0.3 is 0 Å². The van der Waals surface area contributed by atoms with Gasteiger partial charge in [-0.05, 0) is 18.2 Å². The fraction of sp³-hybridized carbons (Fsp3) is 0. The van der Waals surface area contributed by atoms with E-state index < -0.39 is 4.92 Å². The van der Waals surface area contributed by atoms with Gasteiger partial charge in [-0.2, -0.15) is 5.10 Å². The second kappa shape index (κ2) is 7.99. The third-order valence-corrected chi connectivity index (χ3v) is 3.46. The van der Waals surface area contributed by atoms with Gasteiger partial charge in [0.25, 0.3) is 5.69 Å². The number of fused-ring (bicyclic) bond motifs is 1. The summed E-state index contributed by atoms with van der Waals surface area (Å²) in [5, 5.41) is 26.0. The van der Waals surface area contributed by atoms with Crippen molar-refractivity contribution >= 4 is 52.5 Å². The maximum atomic E-state index is 10.8. The van der Waals surface area contributed by atoms with E-state index >= 15 is 0 Å². The number of hydrazone groups is 1. The molecule has 10 heteroatoms. The second-order valence-electron chi connectivity index (χ2n) is 5.17. The SMILES string of the molecule is Cl.N=C(N)NN=Cc1[nH]c2ccccc2c1Nc1ccc([N+](=O)[O-])cc1. The predicted octanol–water partition coefficient (Wildman–Crippen LogP) is 3.06. The lowest BCUT2D eigenvalue weighted by Crippen LogP contribution is -2.25. The van der Waals surface area contributed by atoms with E-state index in [0.717, 1.165) is 16.6 Å². The van der Waals surface area contributed by atoms with Crippen LogP contribution in [0, 0.1) is 15.5 Å². The van der Waals surface area contributed by atoms with Gasteiger partial charge in [0, 0.05) is 28.7 Å². The van der Waals surface area contributed by atoms with Crippen LogP contribution in [-0.2, 0) is 0 Å². The van der Waals surface area contributed by atoms with E-state index in [2.05, 4.69) is 20.8 Å². The first-order valence-electron chi connectivity index (χ1n) is 7.30. The van der Waals surface area contributed by atoms with Gasteiger partial charge < -0.3 is 16.0 Å². The number of rotatable bonds is 5. The minimum absolute atomic E-state index is 0. The number of nitrogens with one attached hydrogen (secondary N) is 4. The molecule has 0 amide bonds. The number of nitro groups is 1. The summed E-state index contributed by atoms with van der Waals surface area (Å²) in [5.41, 5.74) is 10.6. The van der Waals surface area contributed by atoms with Crippen LogP contribution in [0.3, 0.4) is 0 Å². The van der Waals surface area contributed by atoms with Gasteiger partial charge in [-0.3, -0.25) is 15.5 Å². The number of nitro benzene ring substituents is 1. The molecule has 134 valence electrons. The van der Waals surface area contributed by atoms with Crippen molar-refractivity contribution in [1.82, 2.24) is 10.4 Å². The molecule has 0 atom stereocenters. The lowest BCUT2D eigenvalue weighted by Gasteiger charge is -2.06. The van der Waals surface area contributed by atoms with E-state index in [0.29, 0.717) is 11.4 Å². The molecule has 3 rings (SSSR count). The van der Waals surface area contributed by atoms with Crippen molar-refractivity contribution in [3.05, 3.63) is 64.3 Å². The molecule has 0 saturated carbocycles. The van der Waals surface area contributed by atoms with Crippen molar-refractivity contribution < 1.29 is 4.92 Å². The Balaban J connectivity index is 0.00000243. The number of guanidine groups is 1. The van der Waals surface area contributed by atoms with Crippen LogP contribution in [0.4, 0.5) is 17.1 Å². The van der Waals surface area contributed by atoms with Crippen molar-refractivity contribution in [1.29, 1.82) is 5.41 Å². The fourth-order valence-corrected chi connectivity index (χ4v) is 2.37. The molecular weight excluding hydrogens is 358 g/mol. The minimum Gasteiger partial charge on any atom is -0.369 e. The van der Waals surface area contributed by atoms with Gasteiger partial charge in [-0.1, -0.05) is 18.2 Å². The van der Waals surface area contributed by atoms with Crippen LogP contribution in [0.25, 0.3) is 10.9 Å². The number of aromatic nitrogens is 1. The molecule has 0 aliphatic heterocycles. The number of hydrogen-bond acceptors (Lipinski definition) is 5. The Bertz CT molecular complexity index is 966. The molecule has 0 bridgehead atoms. The standard InChI is InChI=1S/C16H15N7O2.ClH/c17-16(18)22-19-9-14-15(12-3-1-2-4-13(12)21-14)20-10-5-7-11(8-6-10)23(24)25;/h1-9,20-21H,(H4,17,18,22);1H. The summed E-state index contributed by atoms with van der Waals surface area (Å²) in [4.78, 5) is 13.5. The quantitative estimate of drug-likeness (QED) is 0.202. The summed E-state index contributed by atoms with van der Waals surface area (Å²) in [6.45, 7) is 0. The Kier molecular flexibility index (Phi) is 5.76. The Morgan fingerprint density at radius 1 is 1.23 bits per heavy atom. The molecule has 0 aliphatic rings. The molecule has 0 fully saturated rings. The van der Waals surface area contributed by atoms with Crippen molar-refractivity contribution in [3.8, 4) is 0 Å². The number of H-pyrrole nitrogens is 1. The number of benzene rings is 2. The van der Waals surface area contributed by atoms with Crippen LogP contribution < -0.4 is 16.5 Å². The van der Waals surface area contributed by atoms with Gasteiger partial charge in [-0.25, -0.2) is 5.43 Å². The highest BCUT2D eigenvalue weighted by Crippen LogP contribution is 2.30. The minimum atomic E-state index is -0.443. The Labute approximate surface area is 154 Å². The van der Waals surface area contributed by atoms with Crippen LogP contribution in [-0.4, -0.2) is 22.1 Å². The van der Waals surface area contributed by atoms with E-state index in [1.165, 1.54) is 18.3 Å². The Hall–Kier alpha value is -3.59. The Morgan fingerprint density at radius 3 is 2.58 bits per heavy atom. The summed E-state index contributed by atoms with van der Waals surface area (Å²) in [5.74, 6) is -0.266. The average molecular weight is 374 g/mol. The third-order valence-electron chi connectivity index (χ3n) is 3.46. The molecular formula is C16H16ClN7O2. The molecule has 2 aromatic carbocycles. The smallest absolute Gasteiger partial charge is 0.269 e. The summed E-state index contributed by atoms with van der Waals surface area (Å²) >= 11 is 0. The first-order chi connectivity index (χ1) is 12.0. The summed E-state index contributed by atoms with van der Waals surface area (Å²) < 4.78 is 0. The van der Waals surface area contributed by atoms with Crippen LogP contribution in [0.1, 0.15) is 5.69 Å². The van der Waals surface area contributed by atoms with Gasteiger partial charge in [0.1, 0.15) is 0 Å². The number of non-ortho nitro benzene ring substituents is 1. The van der Waals surface area contributed by atoms with Crippen molar-refractivity contribution in [3.63, 3.8) is 0 Å². The largest absolute Gasteiger partial charge is 0.369 e. The summed E-state index contributed by atoms with van der Waals surface area (Å²) in [6, 6.07) is 13.8. The van der Waals surface area contributed by atoms with Gasteiger partial charge in [0.05, 0.1) is 22.5 Å². The molecule has 9 nitrogen and oxygen atoms in total. The zero-order valence-corrected chi connectivity index (χ0v) is 14.2. The molecule has 0 saturated heterocycles. The van der Waals surface area contributed by atoms with Crippen molar-refractivity contribution in [2.45, 2.75) is 0 Å². The maximum Gasteiger partial charge on any atom is 0.269 e. The number of aromatic amines is 1. The number of hydrogen-bond donors (Lipinski definition) is 5. The van der Waals surface area contributed by atoms with Crippen molar-refractivity contribution in [2.24, 2.45) is 10.8 Å². The van der Waals surface area contributed by atoms with Crippen LogP contribution >= 0.6 is 12.4 Å². The van der Waals surface area contributed by atoms with E-state index in [9.17, 15) is 10.1 Å². The lowest BCUT2D eigenvalue weighted by molar-refractivity contribution is -0.384. The molecule has 0 radical (unpaired) electrons. The summed E-state index contributed by atoms with van der Waals surface area (Å²) in [7, 11) is 0. The molecule has 1 aromatic heterocycles. The van der Waals surface area contributed by atoms with Gasteiger partial charge in [0.2, 0.25) is 5.96 Å². The van der Waals surface area contributed by atoms with Gasteiger partial charge in [0.15, 0.2) is 0 Å². The molecule has 3 aromatic rings. The fourth-order valence-electron chi connectivity index (χ4n) is 2.37. The summed E-state index contributed by atoms with van der Waals surface area (Å²) in [6.07, 6.45) is 1.51. The molecule has 0 aliphatic carbocycles. The van der Waals surface area contributed by atoms with E-state index in [4.69, 9.17) is 11.1 Å². The van der Waals surface area contributed by atoms with Gasteiger partial charge in [-0.15, -0.1) is 12.4 Å². The van der Waals surface area contributed by atoms with E-state index in [1.54, 1.807) is 12.1 Å². The first kappa shape index (κ1) is 18.7. The van der Waals surface area contributed by atoms with Crippen molar-refractivity contribution in [2.75, 3.05) is 5.32 Å². The topological polar surface area (TPSA) is 145 Å². The third kappa shape index (κ3) is 4.08. The lowest BCUT2D eigenvalue weighted by atomic mass is 10.2. The number of nitrogens with zero attached hydrogens (tertiary/aromatic N) is 2. The highest BCUT2D eigenvalue weighted by atomic mass is 35.5. The molecule has 1 heterocycles. The van der Waals surface area contributed by atoms with Crippen LogP contribution in [0.2, 0.25) is 0 Å². The number of para-hydroxylation sites is 1. The maximum absolute atomic E-state index is 10.8. The van der Waals surface area contributed by atoms with Crippen LogP contribution in [0.5, 0.6) is 0 Å². The first-order valence-corrected chi connectivity index (χ1v) is 7.30. The zero-order chi connectivity index (χ0) is 17.8. The Morgan fingerprint density at radius 2 is 1.92 bits per heavy atom.